The van der Waals surface area contributed by atoms with Crippen LogP contribution >= 0.6 is 0 Å². The van der Waals surface area contributed by atoms with Gasteiger partial charge in [-0.15, -0.1) is 5.10 Å². The molecule has 1 aliphatic heterocycles. The number of nitrogens with zero attached hydrogens (tertiary/aromatic N) is 5. The molecule has 1 N–H and O–H groups in total. The molecule has 0 amide bonds. The quantitative estimate of drug-likeness (QED) is 0.902. The normalized spacial score (nSPS) is 17.4. The molecule has 1 fully saturated rings. The molecule has 0 bridgehead atoms. The van der Waals surface area contributed by atoms with Gasteiger partial charge in [-0.05, 0) is 41.3 Å². The Labute approximate surface area is 143 Å². The Morgan fingerprint density at radius 3 is 2.42 bits per heavy atom. The number of nitrogens with one attached hydrogen (secondary N) is 1. The smallest absolute Gasteiger partial charge is 0.175 e. The second-order valence-electron chi connectivity index (χ2n) is 6.64. The summed E-state index contributed by atoms with van der Waals surface area (Å²) in [6, 6.07) is 6.28. The molecule has 1 unspecified atom stereocenters. The SMILES string of the molecule is Cc1cccc(C)c1-n1nnnc1C(NN1CCOCC1)C(C)C. The summed E-state index contributed by atoms with van der Waals surface area (Å²) < 4.78 is 7.31. The van der Waals surface area contributed by atoms with Crippen molar-refractivity contribution in [2.24, 2.45) is 5.92 Å². The molecule has 1 atom stereocenters. The topological polar surface area (TPSA) is 68.1 Å². The van der Waals surface area contributed by atoms with Gasteiger partial charge in [0.1, 0.15) is 0 Å². The first-order valence-corrected chi connectivity index (χ1v) is 8.51. The minimum absolute atomic E-state index is 0.0390. The number of morpholine rings is 1. The molecule has 7 nitrogen and oxygen atoms in total. The monoisotopic (exact) mass is 330 g/mol. The van der Waals surface area contributed by atoms with Crippen molar-refractivity contribution in [2.45, 2.75) is 33.7 Å². The second kappa shape index (κ2) is 7.38. The molecule has 0 radical (unpaired) electrons. The van der Waals surface area contributed by atoms with Crippen molar-refractivity contribution in [1.29, 1.82) is 0 Å². The van der Waals surface area contributed by atoms with Crippen LogP contribution in [0.2, 0.25) is 0 Å². The molecule has 7 heteroatoms. The lowest BCUT2D eigenvalue weighted by atomic mass is 10.0. The molecule has 2 aromatic rings. The lowest BCUT2D eigenvalue weighted by Crippen LogP contribution is -2.48. The van der Waals surface area contributed by atoms with Crippen LogP contribution in [0.5, 0.6) is 0 Å². The second-order valence-corrected chi connectivity index (χ2v) is 6.64. The molecule has 24 heavy (non-hydrogen) atoms. The van der Waals surface area contributed by atoms with Crippen LogP contribution in [0.25, 0.3) is 5.69 Å². The molecule has 0 aliphatic carbocycles. The van der Waals surface area contributed by atoms with E-state index < -0.39 is 0 Å². The zero-order valence-electron chi connectivity index (χ0n) is 14.9. The number of hydrazine groups is 1. The van der Waals surface area contributed by atoms with E-state index in [1.54, 1.807) is 0 Å². The first-order valence-electron chi connectivity index (χ1n) is 8.51. The lowest BCUT2D eigenvalue weighted by Gasteiger charge is -2.32. The number of para-hydroxylation sites is 1. The zero-order valence-corrected chi connectivity index (χ0v) is 14.9. The van der Waals surface area contributed by atoms with Crippen LogP contribution in [0.1, 0.15) is 36.8 Å². The zero-order chi connectivity index (χ0) is 17.1. The van der Waals surface area contributed by atoms with Crippen molar-refractivity contribution in [2.75, 3.05) is 26.3 Å². The fraction of sp³-hybridized carbons (Fsp3) is 0.588. The van der Waals surface area contributed by atoms with Gasteiger partial charge in [0.05, 0.1) is 24.9 Å². The maximum atomic E-state index is 5.43. The molecule has 3 rings (SSSR count). The van der Waals surface area contributed by atoms with Crippen molar-refractivity contribution in [3.8, 4) is 5.69 Å². The molecule has 1 aliphatic rings. The molecule has 130 valence electrons. The highest BCUT2D eigenvalue weighted by atomic mass is 16.5. The highest BCUT2D eigenvalue weighted by Gasteiger charge is 2.27. The Hall–Kier alpha value is -1.83. The third-order valence-electron chi connectivity index (χ3n) is 4.42. The van der Waals surface area contributed by atoms with E-state index in [2.05, 4.69) is 71.9 Å². The standard InChI is InChI=1S/C17H26N6O/c1-12(2)15(19-22-8-10-24-11-9-22)17-18-20-21-23(17)16-13(3)6-5-7-14(16)4/h5-7,12,15,19H,8-11H2,1-4H3. The summed E-state index contributed by atoms with van der Waals surface area (Å²) in [7, 11) is 0. The van der Waals surface area contributed by atoms with Crippen molar-refractivity contribution in [3.05, 3.63) is 35.2 Å². The van der Waals surface area contributed by atoms with E-state index in [1.165, 1.54) is 0 Å². The molecular formula is C17H26N6O. The van der Waals surface area contributed by atoms with Crippen LogP contribution in [-0.4, -0.2) is 51.5 Å². The van der Waals surface area contributed by atoms with Gasteiger partial charge in [0.25, 0.3) is 0 Å². The summed E-state index contributed by atoms with van der Waals surface area (Å²) in [6.45, 7) is 11.8. The van der Waals surface area contributed by atoms with E-state index in [-0.39, 0.29) is 6.04 Å². The van der Waals surface area contributed by atoms with Crippen LogP contribution in [0.15, 0.2) is 18.2 Å². The van der Waals surface area contributed by atoms with Crippen LogP contribution in [0.3, 0.4) is 0 Å². The number of aryl methyl sites for hydroxylation is 2. The minimum Gasteiger partial charge on any atom is -0.379 e. The predicted molar refractivity (Wildman–Crippen MR) is 91.7 cm³/mol. The summed E-state index contributed by atoms with van der Waals surface area (Å²) >= 11 is 0. The van der Waals surface area contributed by atoms with E-state index in [1.807, 2.05) is 4.68 Å². The van der Waals surface area contributed by atoms with Gasteiger partial charge in [0.15, 0.2) is 5.82 Å². The van der Waals surface area contributed by atoms with E-state index in [0.29, 0.717) is 5.92 Å². The maximum Gasteiger partial charge on any atom is 0.175 e. The van der Waals surface area contributed by atoms with Crippen LogP contribution in [-0.2, 0) is 4.74 Å². The van der Waals surface area contributed by atoms with E-state index >= 15 is 0 Å². The Balaban J connectivity index is 1.94. The summed E-state index contributed by atoms with van der Waals surface area (Å²) in [5, 5.41) is 14.8. The number of tetrazole rings is 1. The summed E-state index contributed by atoms with van der Waals surface area (Å²) in [6.07, 6.45) is 0. The summed E-state index contributed by atoms with van der Waals surface area (Å²) in [5.41, 5.74) is 6.99. The molecule has 2 heterocycles. The van der Waals surface area contributed by atoms with Crippen molar-refractivity contribution >= 4 is 0 Å². The van der Waals surface area contributed by atoms with Gasteiger partial charge in [-0.2, -0.15) is 4.68 Å². The van der Waals surface area contributed by atoms with Crippen molar-refractivity contribution < 1.29 is 4.74 Å². The molecule has 0 spiro atoms. The highest BCUT2D eigenvalue weighted by molar-refractivity contribution is 5.46. The van der Waals surface area contributed by atoms with E-state index in [4.69, 9.17) is 4.74 Å². The number of ether oxygens (including phenoxy) is 1. The fourth-order valence-electron chi connectivity index (χ4n) is 3.08. The van der Waals surface area contributed by atoms with E-state index in [9.17, 15) is 0 Å². The Bertz CT molecular complexity index is 657. The van der Waals surface area contributed by atoms with Gasteiger partial charge in [0.2, 0.25) is 0 Å². The first-order chi connectivity index (χ1) is 11.6. The van der Waals surface area contributed by atoms with Gasteiger partial charge < -0.3 is 4.74 Å². The highest BCUT2D eigenvalue weighted by Crippen LogP contribution is 2.25. The van der Waals surface area contributed by atoms with Gasteiger partial charge in [-0.3, -0.25) is 0 Å². The van der Waals surface area contributed by atoms with Gasteiger partial charge in [-0.1, -0.05) is 32.0 Å². The number of hydrogen-bond acceptors (Lipinski definition) is 6. The van der Waals surface area contributed by atoms with Crippen molar-refractivity contribution in [3.63, 3.8) is 0 Å². The molecular weight excluding hydrogens is 304 g/mol. The van der Waals surface area contributed by atoms with Crippen LogP contribution in [0, 0.1) is 19.8 Å². The average Bonchev–Trinajstić information content (AvgIpc) is 3.02. The number of hydrogen-bond donors (Lipinski definition) is 1. The number of aromatic nitrogens is 4. The Kier molecular flexibility index (Phi) is 5.23. The predicted octanol–water partition coefficient (Wildman–Crippen LogP) is 1.81. The lowest BCUT2D eigenvalue weighted by molar-refractivity contribution is -0.00208. The maximum absolute atomic E-state index is 5.43. The fourth-order valence-corrected chi connectivity index (χ4v) is 3.08. The van der Waals surface area contributed by atoms with E-state index in [0.717, 1.165) is 48.9 Å². The summed E-state index contributed by atoms with van der Waals surface area (Å²) in [5.74, 6) is 1.19. The Morgan fingerprint density at radius 2 is 1.79 bits per heavy atom. The first kappa shape index (κ1) is 17.0. The average molecular weight is 330 g/mol. The molecule has 1 aromatic heterocycles. The summed E-state index contributed by atoms with van der Waals surface area (Å²) in [4.78, 5) is 0. The number of benzene rings is 1. The minimum atomic E-state index is 0.0390. The molecule has 1 saturated heterocycles. The largest absolute Gasteiger partial charge is 0.379 e. The third-order valence-corrected chi connectivity index (χ3v) is 4.42. The van der Waals surface area contributed by atoms with Gasteiger partial charge in [0, 0.05) is 13.1 Å². The molecule has 0 saturated carbocycles. The Morgan fingerprint density at radius 1 is 1.12 bits per heavy atom. The van der Waals surface area contributed by atoms with Gasteiger partial charge in [-0.25, -0.2) is 10.4 Å². The third kappa shape index (κ3) is 3.48. The molecule has 1 aromatic carbocycles. The van der Waals surface area contributed by atoms with Gasteiger partial charge >= 0.3 is 0 Å². The van der Waals surface area contributed by atoms with Crippen LogP contribution in [0.4, 0.5) is 0 Å². The number of rotatable bonds is 5. The van der Waals surface area contributed by atoms with Crippen molar-refractivity contribution in [1.82, 2.24) is 30.6 Å². The van der Waals surface area contributed by atoms with Crippen LogP contribution < -0.4 is 5.43 Å².